The zero-order chi connectivity index (χ0) is 10.5. The van der Waals surface area contributed by atoms with E-state index in [4.69, 9.17) is 5.21 Å². The van der Waals surface area contributed by atoms with Crippen LogP contribution >= 0.6 is 0 Å². The second kappa shape index (κ2) is 4.59. The summed E-state index contributed by atoms with van der Waals surface area (Å²) in [5, 5.41) is 10.7. The predicted octanol–water partition coefficient (Wildman–Crippen LogP) is 2.72. The molecule has 76 valence electrons. The quantitative estimate of drug-likeness (QED) is 0.748. The van der Waals surface area contributed by atoms with E-state index in [1.54, 1.807) is 5.01 Å². The van der Waals surface area contributed by atoms with Gasteiger partial charge in [0.15, 0.2) is 0 Å². The Kier molecular flexibility index (Phi) is 2.97. The SMILES string of the molecule is ONN(c1ccccc1)c1ccccc1. The predicted molar refractivity (Wildman–Crippen MR) is 59.9 cm³/mol. The summed E-state index contributed by atoms with van der Waals surface area (Å²) >= 11 is 0. The zero-order valence-corrected chi connectivity index (χ0v) is 8.17. The Morgan fingerprint density at radius 2 is 1.13 bits per heavy atom. The number of para-hydroxylation sites is 2. The van der Waals surface area contributed by atoms with Crippen molar-refractivity contribution >= 4 is 11.4 Å². The molecule has 2 rings (SSSR count). The monoisotopic (exact) mass is 200 g/mol. The Hall–Kier alpha value is -1.84. The summed E-state index contributed by atoms with van der Waals surface area (Å²) in [5.74, 6) is 0. The number of anilines is 2. The van der Waals surface area contributed by atoms with Crippen LogP contribution in [0.5, 0.6) is 0 Å². The van der Waals surface area contributed by atoms with Crippen LogP contribution in [-0.2, 0) is 0 Å². The third kappa shape index (κ3) is 2.15. The number of hydrogen-bond acceptors (Lipinski definition) is 3. The van der Waals surface area contributed by atoms with Crippen molar-refractivity contribution in [2.75, 3.05) is 5.01 Å². The van der Waals surface area contributed by atoms with Crippen LogP contribution in [0, 0.1) is 0 Å². The van der Waals surface area contributed by atoms with Crippen molar-refractivity contribution in [2.45, 2.75) is 0 Å². The molecule has 0 fully saturated rings. The van der Waals surface area contributed by atoms with Gasteiger partial charge in [0, 0.05) is 0 Å². The number of rotatable bonds is 3. The third-order valence-electron chi connectivity index (χ3n) is 2.13. The Morgan fingerprint density at radius 1 is 0.733 bits per heavy atom. The van der Waals surface area contributed by atoms with Gasteiger partial charge in [-0.15, -0.1) is 5.59 Å². The Morgan fingerprint density at radius 3 is 1.47 bits per heavy atom. The highest BCUT2D eigenvalue weighted by Crippen LogP contribution is 2.21. The van der Waals surface area contributed by atoms with E-state index >= 15 is 0 Å². The molecule has 0 bridgehead atoms. The lowest BCUT2D eigenvalue weighted by molar-refractivity contribution is 0.168. The van der Waals surface area contributed by atoms with Crippen molar-refractivity contribution in [1.29, 1.82) is 0 Å². The second-order valence-corrected chi connectivity index (χ2v) is 3.11. The molecule has 3 heteroatoms. The second-order valence-electron chi connectivity index (χ2n) is 3.11. The summed E-state index contributed by atoms with van der Waals surface area (Å²) < 4.78 is 0. The molecule has 0 radical (unpaired) electrons. The highest BCUT2D eigenvalue weighted by atomic mass is 16.5. The number of nitrogens with one attached hydrogen (secondary N) is 1. The Balaban J connectivity index is 2.34. The molecular weight excluding hydrogens is 188 g/mol. The first kappa shape index (κ1) is 9.71. The minimum absolute atomic E-state index is 0.881. The van der Waals surface area contributed by atoms with Gasteiger partial charge in [0.2, 0.25) is 0 Å². The molecule has 2 aromatic rings. The summed E-state index contributed by atoms with van der Waals surface area (Å²) in [6.07, 6.45) is 0. The molecule has 0 saturated heterocycles. The van der Waals surface area contributed by atoms with E-state index in [2.05, 4.69) is 5.59 Å². The molecule has 0 aliphatic heterocycles. The van der Waals surface area contributed by atoms with Crippen LogP contribution in [0.1, 0.15) is 0 Å². The van der Waals surface area contributed by atoms with Crippen LogP contribution in [0.3, 0.4) is 0 Å². The smallest absolute Gasteiger partial charge is 0.0600 e. The molecule has 0 heterocycles. The van der Waals surface area contributed by atoms with Crippen LogP contribution in [0.4, 0.5) is 11.4 Å². The molecule has 2 aromatic carbocycles. The van der Waals surface area contributed by atoms with Gasteiger partial charge in [0.1, 0.15) is 0 Å². The summed E-state index contributed by atoms with van der Waals surface area (Å²) in [4.78, 5) is 0. The number of benzene rings is 2. The Labute approximate surface area is 88.5 Å². The maximum atomic E-state index is 9.11. The largest absolute Gasteiger partial charge is 0.297 e. The van der Waals surface area contributed by atoms with E-state index in [0.29, 0.717) is 0 Å². The van der Waals surface area contributed by atoms with Crippen molar-refractivity contribution in [2.24, 2.45) is 0 Å². The van der Waals surface area contributed by atoms with E-state index in [0.717, 1.165) is 11.4 Å². The minimum Gasteiger partial charge on any atom is -0.297 e. The molecule has 0 amide bonds. The number of hydrogen-bond donors (Lipinski definition) is 2. The fraction of sp³-hybridized carbons (Fsp3) is 0. The zero-order valence-electron chi connectivity index (χ0n) is 8.17. The first-order valence-electron chi connectivity index (χ1n) is 4.72. The first-order valence-corrected chi connectivity index (χ1v) is 4.72. The van der Waals surface area contributed by atoms with Crippen molar-refractivity contribution in [3.8, 4) is 0 Å². The number of hydrazine groups is 1. The third-order valence-corrected chi connectivity index (χ3v) is 2.13. The van der Waals surface area contributed by atoms with Crippen LogP contribution < -0.4 is 10.6 Å². The summed E-state index contributed by atoms with van der Waals surface area (Å²) in [6, 6.07) is 19.2. The van der Waals surface area contributed by atoms with Gasteiger partial charge in [0.25, 0.3) is 0 Å². The maximum absolute atomic E-state index is 9.11. The lowest BCUT2D eigenvalue weighted by atomic mass is 10.2. The highest BCUT2D eigenvalue weighted by molar-refractivity contribution is 5.61. The fourth-order valence-electron chi connectivity index (χ4n) is 1.42. The molecule has 0 aromatic heterocycles. The van der Waals surface area contributed by atoms with Gasteiger partial charge in [-0.1, -0.05) is 36.4 Å². The van der Waals surface area contributed by atoms with E-state index in [-0.39, 0.29) is 0 Å². The highest BCUT2D eigenvalue weighted by Gasteiger charge is 2.05. The minimum atomic E-state index is 0.881. The topological polar surface area (TPSA) is 35.5 Å². The molecular formula is C12H12N2O. The van der Waals surface area contributed by atoms with Gasteiger partial charge < -0.3 is 0 Å². The van der Waals surface area contributed by atoms with E-state index in [1.807, 2.05) is 60.7 Å². The first-order chi connectivity index (χ1) is 7.42. The average molecular weight is 200 g/mol. The van der Waals surface area contributed by atoms with Gasteiger partial charge in [-0.05, 0) is 24.3 Å². The van der Waals surface area contributed by atoms with Crippen LogP contribution in [-0.4, -0.2) is 5.21 Å². The van der Waals surface area contributed by atoms with Gasteiger partial charge in [-0.2, -0.15) is 0 Å². The van der Waals surface area contributed by atoms with Crippen molar-refractivity contribution in [3.05, 3.63) is 60.7 Å². The van der Waals surface area contributed by atoms with Gasteiger partial charge in [-0.25, -0.2) is 0 Å². The standard InChI is InChI=1S/C12H12N2O/c15-13-14(11-7-3-1-4-8-11)12-9-5-2-6-10-12/h1-10,13,15H. The van der Waals surface area contributed by atoms with Crippen LogP contribution in [0.2, 0.25) is 0 Å². The van der Waals surface area contributed by atoms with Crippen molar-refractivity contribution in [1.82, 2.24) is 5.59 Å². The average Bonchev–Trinajstić information content (AvgIpc) is 2.33. The van der Waals surface area contributed by atoms with Crippen molar-refractivity contribution in [3.63, 3.8) is 0 Å². The summed E-state index contributed by atoms with van der Waals surface area (Å²) in [6.45, 7) is 0. The van der Waals surface area contributed by atoms with Gasteiger partial charge in [-0.3, -0.25) is 10.2 Å². The molecule has 3 nitrogen and oxygen atoms in total. The van der Waals surface area contributed by atoms with Crippen LogP contribution in [0.15, 0.2) is 60.7 Å². The van der Waals surface area contributed by atoms with Gasteiger partial charge in [0.05, 0.1) is 11.4 Å². The van der Waals surface area contributed by atoms with E-state index in [1.165, 1.54) is 0 Å². The fourth-order valence-corrected chi connectivity index (χ4v) is 1.42. The molecule has 15 heavy (non-hydrogen) atoms. The summed E-state index contributed by atoms with van der Waals surface area (Å²) in [7, 11) is 0. The molecule has 2 N–H and O–H groups in total. The van der Waals surface area contributed by atoms with E-state index < -0.39 is 0 Å². The molecule has 0 aliphatic rings. The lowest BCUT2D eigenvalue weighted by Crippen LogP contribution is -2.30. The maximum Gasteiger partial charge on any atom is 0.0600 e. The Bertz CT molecular complexity index is 363. The van der Waals surface area contributed by atoms with Crippen LogP contribution in [0.25, 0.3) is 0 Å². The molecule has 0 saturated carbocycles. The lowest BCUT2D eigenvalue weighted by Gasteiger charge is -2.21. The van der Waals surface area contributed by atoms with Gasteiger partial charge >= 0.3 is 0 Å². The normalized spacial score (nSPS) is 9.93. The molecule has 0 atom stereocenters. The molecule has 0 unspecified atom stereocenters. The number of nitrogens with zero attached hydrogens (tertiary/aromatic N) is 1. The molecule has 0 aliphatic carbocycles. The van der Waals surface area contributed by atoms with Crippen molar-refractivity contribution < 1.29 is 5.21 Å². The molecule has 0 spiro atoms. The van der Waals surface area contributed by atoms with E-state index in [9.17, 15) is 0 Å². The summed E-state index contributed by atoms with van der Waals surface area (Å²) in [5.41, 5.74) is 3.93.